The van der Waals surface area contributed by atoms with Crippen LogP contribution in [0.3, 0.4) is 0 Å². The second kappa shape index (κ2) is 12.9. The lowest BCUT2D eigenvalue weighted by Crippen LogP contribution is -2.48. The van der Waals surface area contributed by atoms with Crippen LogP contribution >= 0.6 is 35.7 Å². The summed E-state index contributed by atoms with van der Waals surface area (Å²) >= 11 is 2.04. The second-order valence-corrected chi connectivity index (χ2v) is 8.25. The Labute approximate surface area is 185 Å². The molecule has 8 heteroatoms. The first-order valence-electron chi connectivity index (χ1n) is 9.88. The highest BCUT2D eigenvalue weighted by Gasteiger charge is 2.32. The number of hydrogen-bond acceptors (Lipinski definition) is 5. The van der Waals surface area contributed by atoms with Crippen molar-refractivity contribution in [1.29, 1.82) is 0 Å². The topological polar surface area (TPSA) is 71.7 Å². The third-order valence-electron chi connectivity index (χ3n) is 4.78. The molecule has 2 rings (SSSR count). The predicted molar refractivity (Wildman–Crippen MR) is 124 cm³/mol. The van der Waals surface area contributed by atoms with E-state index in [-0.39, 0.29) is 28.7 Å². The van der Waals surface area contributed by atoms with Crippen LogP contribution in [0.5, 0.6) is 0 Å². The molecule has 1 aromatic heterocycles. The minimum Gasteiger partial charge on any atom is -0.381 e. The molecule has 0 atom stereocenters. The van der Waals surface area contributed by atoms with Gasteiger partial charge in [0.1, 0.15) is 5.76 Å². The Hall–Kier alpha value is -0.480. The van der Waals surface area contributed by atoms with Gasteiger partial charge in [-0.05, 0) is 31.9 Å². The SMILES string of the molecule is CCNC(=NCc1c(CC)noc1CC)NCC1(SCC)CCOCC1.I. The summed E-state index contributed by atoms with van der Waals surface area (Å²) < 4.78 is 11.3. The molecule has 1 aliphatic heterocycles. The molecule has 0 saturated carbocycles. The number of guanidine groups is 1. The van der Waals surface area contributed by atoms with Crippen LogP contribution in [0.1, 0.15) is 57.6 Å². The molecule has 2 heterocycles. The first-order valence-corrected chi connectivity index (χ1v) is 10.9. The van der Waals surface area contributed by atoms with E-state index < -0.39 is 0 Å². The fourth-order valence-corrected chi connectivity index (χ4v) is 4.52. The van der Waals surface area contributed by atoms with Crippen molar-refractivity contribution in [3.63, 3.8) is 0 Å². The molecule has 1 fully saturated rings. The van der Waals surface area contributed by atoms with E-state index in [9.17, 15) is 0 Å². The van der Waals surface area contributed by atoms with Gasteiger partial charge in [0.15, 0.2) is 5.96 Å². The molecule has 156 valence electrons. The number of aromatic nitrogens is 1. The van der Waals surface area contributed by atoms with Crippen molar-refractivity contribution in [1.82, 2.24) is 15.8 Å². The van der Waals surface area contributed by atoms with Crippen LogP contribution in [0.25, 0.3) is 0 Å². The molecule has 0 amide bonds. The van der Waals surface area contributed by atoms with E-state index in [1.165, 1.54) is 0 Å². The van der Waals surface area contributed by atoms with E-state index in [4.69, 9.17) is 14.3 Å². The van der Waals surface area contributed by atoms with E-state index >= 15 is 0 Å². The summed E-state index contributed by atoms with van der Waals surface area (Å²) in [6, 6.07) is 0. The Bertz CT molecular complexity index is 547. The zero-order valence-corrected chi connectivity index (χ0v) is 20.2. The smallest absolute Gasteiger partial charge is 0.191 e. The standard InChI is InChI=1S/C19H34N4O2S.HI/c1-5-16-15(17(6-2)25-23-16)13-21-18(20-7-3)22-14-19(26-8-4)9-11-24-12-10-19;/h5-14H2,1-4H3,(H2,20,21,22);1H. The molecule has 0 spiro atoms. The Kier molecular flexibility index (Phi) is 11.7. The number of aliphatic imine (C=N–C) groups is 1. The third kappa shape index (κ3) is 7.12. The quantitative estimate of drug-likeness (QED) is 0.300. The Morgan fingerprint density at radius 3 is 2.48 bits per heavy atom. The molecule has 1 saturated heterocycles. The molecule has 2 N–H and O–H groups in total. The van der Waals surface area contributed by atoms with Crippen LogP contribution < -0.4 is 10.6 Å². The molecule has 6 nitrogen and oxygen atoms in total. The van der Waals surface area contributed by atoms with Gasteiger partial charge < -0.3 is 19.9 Å². The second-order valence-electron chi connectivity index (χ2n) is 6.52. The fourth-order valence-electron chi connectivity index (χ4n) is 3.28. The lowest BCUT2D eigenvalue weighted by molar-refractivity contribution is 0.0782. The number of thioether (sulfide) groups is 1. The van der Waals surface area contributed by atoms with Gasteiger partial charge in [0.05, 0.1) is 12.2 Å². The first kappa shape index (κ1) is 24.6. The Morgan fingerprint density at radius 1 is 1.15 bits per heavy atom. The molecular formula is C19H35IN4O2S. The highest BCUT2D eigenvalue weighted by atomic mass is 127. The van der Waals surface area contributed by atoms with Crippen molar-refractivity contribution in [2.45, 2.75) is 64.7 Å². The van der Waals surface area contributed by atoms with Crippen molar-refractivity contribution < 1.29 is 9.26 Å². The van der Waals surface area contributed by atoms with Crippen molar-refractivity contribution >= 4 is 41.7 Å². The minimum atomic E-state index is 0. The normalized spacial score (nSPS) is 16.7. The van der Waals surface area contributed by atoms with Gasteiger partial charge >= 0.3 is 0 Å². The van der Waals surface area contributed by atoms with Gasteiger partial charge in [0.2, 0.25) is 0 Å². The zero-order chi connectivity index (χ0) is 18.8. The summed E-state index contributed by atoms with van der Waals surface area (Å²) in [6.45, 7) is 12.6. The van der Waals surface area contributed by atoms with Gasteiger partial charge in [-0.25, -0.2) is 4.99 Å². The summed E-state index contributed by atoms with van der Waals surface area (Å²) in [4.78, 5) is 4.80. The summed E-state index contributed by atoms with van der Waals surface area (Å²) in [7, 11) is 0. The number of ether oxygens (including phenoxy) is 1. The maximum absolute atomic E-state index is 5.57. The molecule has 0 aliphatic carbocycles. The molecule has 1 aromatic rings. The molecule has 0 bridgehead atoms. The van der Waals surface area contributed by atoms with Crippen molar-refractivity contribution in [3.8, 4) is 0 Å². The van der Waals surface area contributed by atoms with E-state index in [0.717, 1.165) is 80.7 Å². The maximum Gasteiger partial charge on any atom is 0.191 e. The third-order valence-corrected chi connectivity index (χ3v) is 6.23. The minimum absolute atomic E-state index is 0. The van der Waals surface area contributed by atoms with E-state index in [1.807, 2.05) is 11.8 Å². The van der Waals surface area contributed by atoms with Crippen LogP contribution in [-0.4, -0.2) is 47.9 Å². The average Bonchev–Trinajstić information content (AvgIpc) is 3.07. The number of nitrogens with zero attached hydrogens (tertiary/aromatic N) is 2. The lowest BCUT2D eigenvalue weighted by Gasteiger charge is -2.37. The van der Waals surface area contributed by atoms with Crippen LogP contribution in [0.2, 0.25) is 0 Å². The number of hydrogen-bond donors (Lipinski definition) is 2. The van der Waals surface area contributed by atoms with Gasteiger partial charge in [-0.2, -0.15) is 11.8 Å². The fraction of sp³-hybridized carbons (Fsp3) is 0.789. The lowest BCUT2D eigenvalue weighted by atomic mass is 9.99. The van der Waals surface area contributed by atoms with Crippen molar-refractivity contribution in [2.24, 2.45) is 4.99 Å². The van der Waals surface area contributed by atoms with Gasteiger partial charge in [-0.15, -0.1) is 24.0 Å². The van der Waals surface area contributed by atoms with Gasteiger partial charge in [0.25, 0.3) is 0 Å². The molecular weight excluding hydrogens is 475 g/mol. The van der Waals surface area contributed by atoms with Crippen LogP contribution in [0.4, 0.5) is 0 Å². The largest absolute Gasteiger partial charge is 0.381 e. The first-order chi connectivity index (χ1) is 12.7. The van der Waals surface area contributed by atoms with Gasteiger partial charge in [-0.3, -0.25) is 0 Å². The number of nitrogens with one attached hydrogen (secondary N) is 2. The number of rotatable bonds is 9. The molecule has 0 aromatic carbocycles. The monoisotopic (exact) mass is 510 g/mol. The highest BCUT2D eigenvalue weighted by molar-refractivity contribution is 14.0. The van der Waals surface area contributed by atoms with E-state index in [2.05, 4.69) is 43.5 Å². The molecule has 0 unspecified atom stereocenters. The summed E-state index contributed by atoms with van der Waals surface area (Å²) in [5, 5.41) is 11.1. The Morgan fingerprint density at radius 2 is 1.89 bits per heavy atom. The van der Waals surface area contributed by atoms with E-state index in [0.29, 0.717) is 6.54 Å². The number of halogens is 1. The van der Waals surface area contributed by atoms with Crippen LogP contribution in [0.15, 0.2) is 9.52 Å². The maximum atomic E-state index is 5.57. The van der Waals surface area contributed by atoms with Gasteiger partial charge in [-0.1, -0.05) is 25.9 Å². The van der Waals surface area contributed by atoms with Crippen molar-refractivity contribution in [3.05, 3.63) is 17.0 Å². The van der Waals surface area contributed by atoms with Crippen LogP contribution in [0, 0.1) is 0 Å². The predicted octanol–water partition coefficient (Wildman–Crippen LogP) is 3.77. The van der Waals surface area contributed by atoms with Crippen LogP contribution in [-0.2, 0) is 24.1 Å². The molecule has 27 heavy (non-hydrogen) atoms. The highest BCUT2D eigenvalue weighted by Crippen LogP contribution is 2.34. The van der Waals surface area contributed by atoms with E-state index in [1.54, 1.807) is 0 Å². The summed E-state index contributed by atoms with van der Waals surface area (Å²) in [5.74, 6) is 2.93. The Balaban J connectivity index is 0.00000364. The molecule has 1 aliphatic rings. The van der Waals surface area contributed by atoms with Crippen molar-refractivity contribution in [2.75, 3.05) is 32.1 Å². The summed E-state index contributed by atoms with van der Waals surface area (Å²) in [6.07, 6.45) is 3.89. The summed E-state index contributed by atoms with van der Waals surface area (Å²) in [5.41, 5.74) is 2.15. The molecule has 0 radical (unpaired) electrons. The average molecular weight is 510 g/mol. The number of aryl methyl sites for hydroxylation is 2. The zero-order valence-electron chi connectivity index (χ0n) is 17.1. The van der Waals surface area contributed by atoms with Gasteiger partial charge in [0, 0.05) is 43.0 Å².